The first-order valence-corrected chi connectivity index (χ1v) is 5.59. The maximum Gasteiger partial charge on any atom is 0.0857 e. The van der Waals surface area contributed by atoms with Crippen molar-refractivity contribution in [3.63, 3.8) is 0 Å². The fraction of sp³-hybridized carbons (Fsp3) is 0.214. The van der Waals surface area contributed by atoms with Gasteiger partial charge in [-0.05, 0) is 25.5 Å². The van der Waals surface area contributed by atoms with Gasteiger partial charge in [0.05, 0.1) is 18.0 Å². The van der Waals surface area contributed by atoms with Gasteiger partial charge in [-0.1, -0.05) is 23.8 Å². The maximum atomic E-state index is 9.94. The first-order valence-electron chi connectivity index (χ1n) is 5.59. The maximum absolute atomic E-state index is 9.94. The third-order valence-corrected chi connectivity index (χ3v) is 2.55. The quantitative estimate of drug-likeness (QED) is 0.817. The Hall–Kier alpha value is -1.87. The molecule has 0 saturated carbocycles. The first-order chi connectivity index (χ1) is 8.16. The predicted molar refractivity (Wildman–Crippen MR) is 68.0 cm³/mol. The molecule has 1 atom stereocenters. The average molecular weight is 228 g/mol. The van der Waals surface area contributed by atoms with Gasteiger partial charge in [0.15, 0.2) is 0 Å². The van der Waals surface area contributed by atoms with Crippen LogP contribution in [0.25, 0.3) is 5.69 Å². The molecule has 1 heterocycles. The lowest BCUT2D eigenvalue weighted by Gasteiger charge is -2.07. The smallest absolute Gasteiger partial charge is 0.0857 e. The minimum absolute atomic E-state index is 0.523. The van der Waals surface area contributed by atoms with E-state index in [-0.39, 0.29) is 0 Å². The molecule has 0 amide bonds. The molecular weight excluding hydrogens is 212 g/mol. The van der Waals surface area contributed by atoms with Crippen LogP contribution in [0, 0.1) is 0 Å². The third-order valence-electron chi connectivity index (χ3n) is 2.55. The number of hydrogen-bond donors (Lipinski definition) is 1. The summed E-state index contributed by atoms with van der Waals surface area (Å²) < 4.78 is 1.76. The topological polar surface area (TPSA) is 38.1 Å². The molecule has 0 bridgehead atoms. The van der Waals surface area contributed by atoms with Crippen LogP contribution in [0.3, 0.4) is 0 Å². The molecule has 0 radical (unpaired) electrons. The molecule has 0 saturated heterocycles. The molecule has 1 unspecified atom stereocenters. The molecule has 0 aliphatic rings. The minimum Gasteiger partial charge on any atom is -0.388 e. The highest BCUT2D eigenvalue weighted by Crippen LogP contribution is 2.20. The molecule has 2 rings (SSSR count). The van der Waals surface area contributed by atoms with Crippen LogP contribution in [0.15, 0.2) is 54.9 Å². The minimum atomic E-state index is -0.523. The van der Waals surface area contributed by atoms with E-state index in [2.05, 4.69) is 11.7 Å². The highest BCUT2D eigenvalue weighted by molar-refractivity contribution is 5.31. The van der Waals surface area contributed by atoms with E-state index < -0.39 is 6.10 Å². The monoisotopic (exact) mass is 228 g/mol. The van der Waals surface area contributed by atoms with Gasteiger partial charge in [-0.2, -0.15) is 5.10 Å². The molecule has 17 heavy (non-hydrogen) atoms. The molecular formula is C14H16N2O. The number of aromatic nitrogens is 2. The lowest BCUT2D eigenvalue weighted by atomic mass is 10.1. The Kier molecular flexibility index (Phi) is 3.40. The highest BCUT2D eigenvalue weighted by atomic mass is 16.3. The highest BCUT2D eigenvalue weighted by Gasteiger charge is 2.10. The van der Waals surface area contributed by atoms with E-state index in [0.717, 1.165) is 16.8 Å². The first kappa shape index (κ1) is 11.6. The predicted octanol–water partition coefficient (Wildman–Crippen LogP) is 2.87. The van der Waals surface area contributed by atoms with E-state index in [1.54, 1.807) is 10.9 Å². The van der Waals surface area contributed by atoms with Crippen molar-refractivity contribution in [1.82, 2.24) is 9.78 Å². The zero-order valence-corrected chi connectivity index (χ0v) is 9.87. The molecule has 0 spiro atoms. The van der Waals surface area contributed by atoms with Crippen LogP contribution in [-0.4, -0.2) is 14.9 Å². The molecule has 0 aliphatic carbocycles. The van der Waals surface area contributed by atoms with E-state index in [0.29, 0.717) is 6.42 Å². The lowest BCUT2D eigenvalue weighted by molar-refractivity contribution is 0.178. The zero-order chi connectivity index (χ0) is 12.3. The summed E-state index contributed by atoms with van der Waals surface area (Å²) in [4.78, 5) is 0. The summed E-state index contributed by atoms with van der Waals surface area (Å²) in [6, 6.07) is 9.83. The standard InChI is InChI=1S/C14H16N2O/c1-11(2)8-14(17)12-9-15-16(10-12)13-6-4-3-5-7-13/h3-7,9-10,14,17H,1,8H2,2H3. The van der Waals surface area contributed by atoms with Crippen molar-refractivity contribution in [3.8, 4) is 5.69 Å². The number of aliphatic hydroxyl groups is 1. The summed E-state index contributed by atoms with van der Waals surface area (Å²) >= 11 is 0. The number of rotatable bonds is 4. The molecule has 0 fully saturated rings. The van der Waals surface area contributed by atoms with Crippen LogP contribution in [-0.2, 0) is 0 Å². The number of nitrogens with zero attached hydrogens (tertiary/aromatic N) is 2. The summed E-state index contributed by atoms with van der Waals surface area (Å²) in [6.45, 7) is 5.71. The fourth-order valence-corrected chi connectivity index (χ4v) is 1.68. The van der Waals surface area contributed by atoms with E-state index in [1.807, 2.05) is 43.5 Å². The van der Waals surface area contributed by atoms with Gasteiger partial charge in [-0.3, -0.25) is 0 Å². The third kappa shape index (κ3) is 2.82. The van der Waals surface area contributed by atoms with Crippen LogP contribution in [0.4, 0.5) is 0 Å². The van der Waals surface area contributed by atoms with Gasteiger partial charge >= 0.3 is 0 Å². The number of hydrogen-bond acceptors (Lipinski definition) is 2. The van der Waals surface area contributed by atoms with Crippen LogP contribution >= 0.6 is 0 Å². The number of aliphatic hydroxyl groups excluding tert-OH is 1. The van der Waals surface area contributed by atoms with Gasteiger partial charge in [-0.15, -0.1) is 6.58 Å². The lowest BCUT2D eigenvalue weighted by Crippen LogP contribution is -1.96. The van der Waals surface area contributed by atoms with Gasteiger partial charge in [0.2, 0.25) is 0 Å². The summed E-state index contributed by atoms with van der Waals surface area (Å²) in [5, 5.41) is 14.2. The van der Waals surface area contributed by atoms with E-state index in [9.17, 15) is 5.11 Å². The Bertz CT molecular complexity index is 502. The van der Waals surface area contributed by atoms with Crippen molar-refractivity contribution < 1.29 is 5.11 Å². The molecule has 2 aromatic rings. The Morgan fingerprint density at radius 1 is 1.41 bits per heavy atom. The summed E-state index contributed by atoms with van der Waals surface area (Å²) in [7, 11) is 0. The molecule has 1 N–H and O–H groups in total. The second-order valence-electron chi connectivity index (χ2n) is 4.23. The number of para-hydroxylation sites is 1. The summed E-state index contributed by atoms with van der Waals surface area (Å²) in [5.41, 5.74) is 2.77. The van der Waals surface area contributed by atoms with Crippen molar-refractivity contribution in [2.24, 2.45) is 0 Å². The molecule has 0 aliphatic heterocycles. The van der Waals surface area contributed by atoms with Crippen LogP contribution in [0.5, 0.6) is 0 Å². The normalized spacial score (nSPS) is 12.4. The average Bonchev–Trinajstić information content (AvgIpc) is 2.78. The van der Waals surface area contributed by atoms with Crippen molar-refractivity contribution in [2.75, 3.05) is 0 Å². The van der Waals surface area contributed by atoms with E-state index in [4.69, 9.17) is 0 Å². The fourth-order valence-electron chi connectivity index (χ4n) is 1.68. The molecule has 88 valence electrons. The molecule has 1 aromatic carbocycles. The van der Waals surface area contributed by atoms with Gasteiger partial charge < -0.3 is 5.11 Å². The van der Waals surface area contributed by atoms with Crippen molar-refractivity contribution in [3.05, 3.63) is 60.4 Å². The van der Waals surface area contributed by atoms with Gasteiger partial charge in [0.1, 0.15) is 0 Å². The van der Waals surface area contributed by atoms with Gasteiger partial charge in [0, 0.05) is 11.8 Å². The van der Waals surface area contributed by atoms with Crippen molar-refractivity contribution in [2.45, 2.75) is 19.4 Å². The van der Waals surface area contributed by atoms with Crippen LogP contribution in [0.1, 0.15) is 25.0 Å². The van der Waals surface area contributed by atoms with Crippen molar-refractivity contribution in [1.29, 1.82) is 0 Å². The number of benzene rings is 1. The SMILES string of the molecule is C=C(C)CC(O)c1cnn(-c2ccccc2)c1. The molecule has 1 aromatic heterocycles. The van der Waals surface area contributed by atoms with Crippen LogP contribution < -0.4 is 0 Å². The Labute approximate surface area is 101 Å². The summed E-state index contributed by atoms with van der Waals surface area (Å²) in [5.74, 6) is 0. The van der Waals surface area contributed by atoms with Crippen LogP contribution in [0.2, 0.25) is 0 Å². The second kappa shape index (κ2) is 4.97. The second-order valence-corrected chi connectivity index (χ2v) is 4.23. The largest absolute Gasteiger partial charge is 0.388 e. The van der Waals surface area contributed by atoms with Crippen molar-refractivity contribution >= 4 is 0 Å². The van der Waals surface area contributed by atoms with Gasteiger partial charge in [0.25, 0.3) is 0 Å². The van der Waals surface area contributed by atoms with E-state index in [1.165, 1.54) is 0 Å². The summed E-state index contributed by atoms with van der Waals surface area (Å²) in [6.07, 6.45) is 3.59. The molecule has 3 nitrogen and oxygen atoms in total. The Morgan fingerprint density at radius 3 is 2.76 bits per heavy atom. The zero-order valence-electron chi connectivity index (χ0n) is 9.87. The Balaban J connectivity index is 2.19. The molecule has 3 heteroatoms. The van der Waals surface area contributed by atoms with Gasteiger partial charge in [-0.25, -0.2) is 4.68 Å². The van der Waals surface area contributed by atoms with E-state index >= 15 is 0 Å². The Morgan fingerprint density at radius 2 is 2.12 bits per heavy atom.